The minimum Gasteiger partial charge on any atom is -0.432 e. The van der Waals surface area contributed by atoms with Crippen LogP contribution < -0.4 is 4.74 Å². The minimum absolute atomic E-state index is 0.0764. The summed E-state index contributed by atoms with van der Waals surface area (Å²) in [5, 5.41) is 15.8. The molecular formula is C13H13BrClN3O3. The molecule has 0 saturated carbocycles. The third-order valence-corrected chi connectivity index (χ3v) is 3.59. The van der Waals surface area contributed by atoms with Crippen molar-refractivity contribution in [3.05, 3.63) is 43.5 Å². The van der Waals surface area contributed by atoms with Crippen LogP contribution in [-0.2, 0) is 0 Å². The first kappa shape index (κ1) is 15.8. The Morgan fingerprint density at radius 2 is 2.14 bits per heavy atom. The van der Waals surface area contributed by atoms with Gasteiger partial charge in [0.1, 0.15) is 11.4 Å². The largest absolute Gasteiger partial charge is 0.432 e. The van der Waals surface area contributed by atoms with E-state index in [4.69, 9.17) is 16.3 Å². The molecule has 1 heterocycles. The summed E-state index contributed by atoms with van der Waals surface area (Å²) in [6.45, 7) is 5.31. The van der Waals surface area contributed by atoms with Crippen LogP contribution in [-0.4, -0.2) is 14.7 Å². The average molecular weight is 375 g/mol. The topological polar surface area (TPSA) is 70.2 Å². The van der Waals surface area contributed by atoms with E-state index in [0.717, 1.165) is 4.47 Å². The normalized spacial score (nSPS) is 11.0. The first-order chi connectivity index (χ1) is 9.81. The van der Waals surface area contributed by atoms with Crippen LogP contribution in [0.1, 0.15) is 25.6 Å². The van der Waals surface area contributed by atoms with Gasteiger partial charge >= 0.3 is 5.69 Å². The van der Waals surface area contributed by atoms with E-state index in [-0.39, 0.29) is 17.6 Å². The van der Waals surface area contributed by atoms with Gasteiger partial charge in [-0.1, -0.05) is 27.5 Å². The molecule has 0 amide bonds. The number of ether oxygens (including phenoxy) is 1. The molecule has 0 atom stereocenters. The Morgan fingerprint density at radius 3 is 2.71 bits per heavy atom. The predicted octanol–water partition coefficient (Wildman–Crippen LogP) is 4.89. The molecule has 2 aromatic rings. The van der Waals surface area contributed by atoms with Crippen molar-refractivity contribution in [3.63, 3.8) is 0 Å². The molecule has 0 radical (unpaired) electrons. The lowest BCUT2D eigenvalue weighted by Gasteiger charge is -2.12. The highest BCUT2D eigenvalue weighted by molar-refractivity contribution is 9.10. The van der Waals surface area contributed by atoms with Crippen molar-refractivity contribution in [3.8, 4) is 11.6 Å². The Morgan fingerprint density at radius 1 is 1.48 bits per heavy atom. The number of halogens is 2. The molecule has 6 nitrogen and oxygen atoms in total. The molecule has 0 aliphatic carbocycles. The van der Waals surface area contributed by atoms with Crippen molar-refractivity contribution in [1.82, 2.24) is 9.78 Å². The van der Waals surface area contributed by atoms with E-state index >= 15 is 0 Å². The van der Waals surface area contributed by atoms with Gasteiger partial charge in [-0.05, 0) is 39.0 Å². The molecular weight excluding hydrogens is 362 g/mol. The molecule has 1 aromatic carbocycles. The molecule has 0 fully saturated rings. The van der Waals surface area contributed by atoms with Crippen LogP contribution >= 0.6 is 27.5 Å². The van der Waals surface area contributed by atoms with Gasteiger partial charge in [0, 0.05) is 4.47 Å². The zero-order valence-corrected chi connectivity index (χ0v) is 14.0. The van der Waals surface area contributed by atoms with E-state index < -0.39 is 4.92 Å². The standard InChI is InChI=1S/C13H13BrClN3O3/c1-7(2)17-13(12(18(19)20)8(3)16-17)21-11-6-9(14)4-5-10(11)15/h4-7H,1-3H3. The Bertz CT molecular complexity index is 700. The number of aryl methyl sites for hydroxylation is 1. The molecule has 2 rings (SSSR count). The smallest absolute Gasteiger partial charge is 0.353 e. The van der Waals surface area contributed by atoms with E-state index in [9.17, 15) is 10.1 Å². The third kappa shape index (κ3) is 3.19. The number of rotatable bonds is 4. The second-order valence-corrected chi connectivity index (χ2v) is 6.03. The quantitative estimate of drug-likeness (QED) is 0.564. The van der Waals surface area contributed by atoms with Crippen LogP contribution in [0.4, 0.5) is 5.69 Å². The number of aromatic nitrogens is 2. The molecule has 1 aromatic heterocycles. The van der Waals surface area contributed by atoms with Crippen LogP contribution in [0.15, 0.2) is 22.7 Å². The van der Waals surface area contributed by atoms with Crippen molar-refractivity contribution in [1.29, 1.82) is 0 Å². The van der Waals surface area contributed by atoms with E-state index in [0.29, 0.717) is 16.5 Å². The summed E-state index contributed by atoms with van der Waals surface area (Å²) in [6.07, 6.45) is 0. The number of nitro groups is 1. The van der Waals surface area contributed by atoms with Gasteiger partial charge in [-0.3, -0.25) is 10.1 Å². The van der Waals surface area contributed by atoms with Crippen LogP contribution in [0.2, 0.25) is 5.02 Å². The second kappa shape index (κ2) is 6.03. The van der Waals surface area contributed by atoms with Crippen LogP contribution in [0.25, 0.3) is 0 Å². The number of hydrogen-bond donors (Lipinski definition) is 0. The van der Waals surface area contributed by atoms with Crippen molar-refractivity contribution in [2.24, 2.45) is 0 Å². The molecule has 0 bridgehead atoms. The van der Waals surface area contributed by atoms with Crippen molar-refractivity contribution >= 4 is 33.2 Å². The van der Waals surface area contributed by atoms with Crippen molar-refractivity contribution in [2.45, 2.75) is 26.8 Å². The lowest BCUT2D eigenvalue weighted by molar-refractivity contribution is -0.386. The molecule has 8 heteroatoms. The number of nitrogens with zero attached hydrogens (tertiary/aromatic N) is 3. The Hall–Kier alpha value is -1.60. The van der Waals surface area contributed by atoms with Gasteiger partial charge in [0.05, 0.1) is 16.0 Å². The number of benzene rings is 1. The molecule has 0 aliphatic heterocycles. The lowest BCUT2D eigenvalue weighted by Crippen LogP contribution is -2.05. The summed E-state index contributed by atoms with van der Waals surface area (Å²) >= 11 is 9.39. The van der Waals surface area contributed by atoms with E-state index in [2.05, 4.69) is 21.0 Å². The summed E-state index contributed by atoms with van der Waals surface area (Å²) in [4.78, 5) is 10.8. The molecule has 0 spiro atoms. The Kier molecular flexibility index (Phi) is 4.53. The van der Waals surface area contributed by atoms with Gasteiger partial charge in [-0.25, -0.2) is 4.68 Å². The minimum atomic E-state index is -0.498. The van der Waals surface area contributed by atoms with E-state index in [1.54, 1.807) is 25.1 Å². The van der Waals surface area contributed by atoms with E-state index in [1.165, 1.54) is 4.68 Å². The summed E-state index contributed by atoms with van der Waals surface area (Å²) in [5.74, 6) is 0.406. The molecule has 0 aliphatic rings. The summed E-state index contributed by atoms with van der Waals surface area (Å²) < 4.78 is 7.93. The molecule has 0 unspecified atom stereocenters. The monoisotopic (exact) mass is 373 g/mol. The maximum absolute atomic E-state index is 11.3. The molecule has 21 heavy (non-hydrogen) atoms. The second-order valence-electron chi connectivity index (χ2n) is 4.71. The summed E-state index contributed by atoms with van der Waals surface area (Å²) in [5.41, 5.74) is 0.148. The van der Waals surface area contributed by atoms with Crippen molar-refractivity contribution < 1.29 is 9.66 Å². The fourth-order valence-corrected chi connectivity index (χ4v) is 2.33. The Labute approximate surface area is 134 Å². The fraction of sp³-hybridized carbons (Fsp3) is 0.308. The zero-order chi connectivity index (χ0) is 15.7. The first-order valence-corrected chi connectivity index (χ1v) is 7.34. The summed E-state index contributed by atoms with van der Waals surface area (Å²) in [7, 11) is 0. The van der Waals surface area contributed by atoms with Gasteiger partial charge < -0.3 is 4.74 Å². The van der Waals surface area contributed by atoms with E-state index in [1.807, 2.05) is 13.8 Å². The van der Waals surface area contributed by atoms with Gasteiger partial charge in [0.25, 0.3) is 5.88 Å². The average Bonchev–Trinajstić information content (AvgIpc) is 2.71. The lowest BCUT2D eigenvalue weighted by atomic mass is 10.3. The highest BCUT2D eigenvalue weighted by atomic mass is 79.9. The highest BCUT2D eigenvalue weighted by Crippen LogP contribution is 2.39. The SMILES string of the molecule is Cc1nn(C(C)C)c(Oc2cc(Br)ccc2Cl)c1[N+](=O)[O-]. The third-order valence-electron chi connectivity index (χ3n) is 2.78. The van der Waals surface area contributed by atoms with Crippen LogP contribution in [0.5, 0.6) is 11.6 Å². The molecule has 112 valence electrons. The molecule has 0 saturated heterocycles. The first-order valence-electron chi connectivity index (χ1n) is 6.17. The maximum atomic E-state index is 11.3. The maximum Gasteiger partial charge on any atom is 0.353 e. The van der Waals surface area contributed by atoms with Crippen molar-refractivity contribution in [2.75, 3.05) is 0 Å². The van der Waals surface area contributed by atoms with Gasteiger partial charge in [0.15, 0.2) is 0 Å². The highest BCUT2D eigenvalue weighted by Gasteiger charge is 2.29. The van der Waals surface area contributed by atoms with Gasteiger partial charge in [0.2, 0.25) is 0 Å². The summed E-state index contributed by atoms with van der Waals surface area (Å²) in [6, 6.07) is 4.97. The molecule has 0 N–H and O–H groups in total. The van der Waals surface area contributed by atoms with Crippen LogP contribution in [0, 0.1) is 17.0 Å². The van der Waals surface area contributed by atoms with Crippen LogP contribution in [0.3, 0.4) is 0 Å². The Balaban J connectivity index is 2.56. The number of hydrogen-bond acceptors (Lipinski definition) is 4. The van der Waals surface area contributed by atoms with Gasteiger partial charge in [-0.2, -0.15) is 5.10 Å². The fourth-order valence-electron chi connectivity index (χ4n) is 1.83. The van der Waals surface area contributed by atoms with Gasteiger partial charge in [-0.15, -0.1) is 0 Å². The predicted molar refractivity (Wildman–Crippen MR) is 83.2 cm³/mol. The zero-order valence-electron chi connectivity index (χ0n) is 11.6.